The Hall–Kier alpha value is -3.24. The summed E-state index contributed by atoms with van der Waals surface area (Å²) in [6, 6.07) is 18.5. The van der Waals surface area contributed by atoms with Gasteiger partial charge in [0.1, 0.15) is 23.9 Å². The van der Waals surface area contributed by atoms with Gasteiger partial charge in [-0.1, -0.05) is 41.9 Å². The van der Waals surface area contributed by atoms with Crippen molar-refractivity contribution in [2.45, 2.75) is 13.5 Å². The van der Waals surface area contributed by atoms with Crippen LogP contribution in [0.2, 0.25) is 5.02 Å². The standard InChI is InChI=1S/C24H19ClO4/c1-15-20(28-14-17-7-3-4-9-21(17)27-2)11-10-19-23(26)22(29-24(15)19)13-16-6-5-8-18(25)12-16/h3-13H,14H2,1-2H3/b22-13-. The number of allylic oxidation sites excluding steroid dienone is 1. The van der Waals surface area contributed by atoms with Gasteiger partial charge in [0.25, 0.3) is 0 Å². The molecule has 146 valence electrons. The van der Waals surface area contributed by atoms with Gasteiger partial charge < -0.3 is 14.2 Å². The molecule has 3 aromatic rings. The zero-order valence-electron chi connectivity index (χ0n) is 16.1. The van der Waals surface area contributed by atoms with Crippen LogP contribution in [0.4, 0.5) is 0 Å². The average Bonchev–Trinajstić information content (AvgIpc) is 3.04. The number of rotatable bonds is 5. The molecule has 1 heterocycles. The number of carbonyl (C=O) groups excluding carboxylic acids is 1. The van der Waals surface area contributed by atoms with Gasteiger partial charge in [-0.05, 0) is 48.9 Å². The zero-order chi connectivity index (χ0) is 20.4. The molecule has 29 heavy (non-hydrogen) atoms. The van der Waals surface area contributed by atoms with E-state index in [2.05, 4.69) is 0 Å². The van der Waals surface area contributed by atoms with Gasteiger partial charge in [-0.15, -0.1) is 0 Å². The van der Waals surface area contributed by atoms with Crippen molar-refractivity contribution < 1.29 is 19.0 Å². The van der Waals surface area contributed by atoms with Crippen molar-refractivity contribution in [3.63, 3.8) is 0 Å². The number of carbonyl (C=O) groups is 1. The predicted octanol–water partition coefficient (Wildman–Crippen LogP) is 5.85. The molecule has 3 aromatic carbocycles. The molecule has 0 atom stereocenters. The highest BCUT2D eigenvalue weighted by Gasteiger charge is 2.30. The second-order valence-electron chi connectivity index (χ2n) is 6.66. The van der Waals surface area contributed by atoms with E-state index in [0.29, 0.717) is 28.7 Å². The first-order valence-electron chi connectivity index (χ1n) is 9.15. The van der Waals surface area contributed by atoms with E-state index in [-0.39, 0.29) is 11.5 Å². The van der Waals surface area contributed by atoms with Crippen LogP contribution in [0, 0.1) is 6.92 Å². The van der Waals surface area contributed by atoms with Crippen molar-refractivity contribution in [1.29, 1.82) is 0 Å². The molecule has 1 aliphatic rings. The van der Waals surface area contributed by atoms with Crippen LogP contribution in [0.1, 0.15) is 27.0 Å². The highest BCUT2D eigenvalue weighted by atomic mass is 35.5. The fraction of sp³-hybridized carbons (Fsp3) is 0.125. The molecule has 0 radical (unpaired) electrons. The van der Waals surface area contributed by atoms with Gasteiger partial charge in [-0.25, -0.2) is 0 Å². The maximum atomic E-state index is 12.7. The number of fused-ring (bicyclic) bond motifs is 1. The fourth-order valence-corrected chi connectivity index (χ4v) is 3.45. The van der Waals surface area contributed by atoms with E-state index in [4.69, 9.17) is 25.8 Å². The van der Waals surface area contributed by atoms with E-state index < -0.39 is 0 Å². The van der Waals surface area contributed by atoms with Gasteiger partial charge in [0.15, 0.2) is 5.76 Å². The first kappa shape index (κ1) is 19.1. The summed E-state index contributed by atoms with van der Waals surface area (Å²) in [7, 11) is 1.63. The van der Waals surface area contributed by atoms with Crippen molar-refractivity contribution in [2.75, 3.05) is 7.11 Å². The van der Waals surface area contributed by atoms with E-state index in [1.165, 1.54) is 0 Å². The molecule has 0 saturated heterocycles. The number of para-hydroxylation sites is 1. The number of benzene rings is 3. The molecule has 0 aliphatic carbocycles. The quantitative estimate of drug-likeness (QED) is 0.498. The normalized spacial score (nSPS) is 13.9. The third-order valence-corrected chi connectivity index (χ3v) is 4.99. The molecule has 0 spiro atoms. The highest BCUT2D eigenvalue weighted by molar-refractivity contribution is 6.30. The topological polar surface area (TPSA) is 44.8 Å². The second kappa shape index (κ2) is 8.02. The summed E-state index contributed by atoms with van der Waals surface area (Å²) < 4.78 is 17.2. The number of Topliss-reactive ketones (excluding diaryl/α,β-unsaturated/α-hetero) is 1. The van der Waals surface area contributed by atoms with Crippen LogP contribution in [-0.4, -0.2) is 12.9 Å². The summed E-state index contributed by atoms with van der Waals surface area (Å²) in [5.41, 5.74) is 3.05. The van der Waals surface area contributed by atoms with Crippen molar-refractivity contribution >= 4 is 23.5 Å². The molecule has 0 N–H and O–H groups in total. The molecule has 5 heteroatoms. The van der Waals surface area contributed by atoms with Crippen LogP contribution in [0.5, 0.6) is 17.2 Å². The maximum Gasteiger partial charge on any atom is 0.231 e. The Morgan fingerprint density at radius 2 is 1.86 bits per heavy atom. The van der Waals surface area contributed by atoms with E-state index in [0.717, 1.165) is 22.4 Å². The monoisotopic (exact) mass is 406 g/mol. The summed E-state index contributed by atoms with van der Waals surface area (Å²) in [6.45, 7) is 2.23. The van der Waals surface area contributed by atoms with Gasteiger partial charge in [-0.3, -0.25) is 4.79 Å². The molecule has 4 rings (SSSR count). The summed E-state index contributed by atoms with van der Waals surface area (Å²) >= 11 is 6.03. The lowest BCUT2D eigenvalue weighted by atomic mass is 10.1. The van der Waals surface area contributed by atoms with E-state index in [1.807, 2.05) is 43.3 Å². The lowest BCUT2D eigenvalue weighted by Crippen LogP contribution is -2.00. The number of methoxy groups -OCH3 is 1. The molecule has 0 unspecified atom stereocenters. The molecule has 0 fully saturated rings. The minimum atomic E-state index is -0.153. The molecule has 0 bridgehead atoms. The lowest BCUT2D eigenvalue weighted by molar-refractivity contribution is 0.101. The van der Waals surface area contributed by atoms with Crippen LogP contribution >= 0.6 is 11.6 Å². The van der Waals surface area contributed by atoms with Gasteiger partial charge in [0.2, 0.25) is 5.78 Å². The minimum Gasteiger partial charge on any atom is -0.496 e. The second-order valence-corrected chi connectivity index (χ2v) is 7.10. The Labute approximate surface area is 174 Å². The Kier molecular flexibility index (Phi) is 5.28. The average molecular weight is 407 g/mol. The lowest BCUT2D eigenvalue weighted by Gasteiger charge is -2.13. The van der Waals surface area contributed by atoms with Gasteiger partial charge in [-0.2, -0.15) is 0 Å². The molecule has 0 saturated carbocycles. The summed E-state index contributed by atoms with van der Waals surface area (Å²) in [5.74, 6) is 2.07. The van der Waals surface area contributed by atoms with Crippen molar-refractivity contribution in [1.82, 2.24) is 0 Å². The number of hydrogen-bond acceptors (Lipinski definition) is 4. The Bertz CT molecular complexity index is 1120. The predicted molar refractivity (Wildman–Crippen MR) is 113 cm³/mol. The largest absolute Gasteiger partial charge is 0.496 e. The van der Waals surface area contributed by atoms with Crippen LogP contribution < -0.4 is 14.2 Å². The van der Waals surface area contributed by atoms with Crippen molar-refractivity contribution in [3.05, 3.63) is 93.7 Å². The van der Waals surface area contributed by atoms with Crippen LogP contribution in [0.15, 0.2) is 66.4 Å². The molecular formula is C24H19ClO4. The third kappa shape index (κ3) is 3.84. The summed E-state index contributed by atoms with van der Waals surface area (Å²) in [4.78, 5) is 12.7. The Morgan fingerprint density at radius 3 is 2.66 bits per heavy atom. The number of ether oxygens (including phenoxy) is 3. The fourth-order valence-electron chi connectivity index (χ4n) is 3.25. The van der Waals surface area contributed by atoms with Crippen LogP contribution in [-0.2, 0) is 6.61 Å². The molecular weight excluding hydrogens is 388 g/mol. The molecule has 0 aromatic heterocycles. The highest BCUT2D eigenvalue weighted by Crippen LogP contribution is 2.39. The summed E-state index contributed by atoms with van der Waals surface area (Å²) in [6.07, 6.45) is 1.70. The van der Waals surface area contributed by atoms with Crippen molar-refractivity contribution in [2.24, 2.45) is 0 Å². The first-order valence-corrected chi connectivity index (χ1v) is 9.52. The van der Waals surface area contributed by atoms with Gasteiger partial charge >= 0.3 is 0 Å². The van der Waals surface area contributed by atoms with Crippen molar-refractivity contribution in [3.8, 4) is 17.2 Å². The molecule has 1 aliphatic heterocycles. The van der Waals surface area contributed by atoms with Crippen LogP contribution in [0.3, 0.4) is 0 Å². The first-order chi connectivity index (χ1) is 14.1. The molecule has 0 amide bonds. The number of ketones is 1. The van der Waals surface area contributed by atoms with Crippen LogP contribution in [0.25, 0.3) is 6.08 Å². The maximum absolute atomic E-state index is 12.7. The van der Waals surface area contributed by atoms with E-state index >= 15 is 0 Å². The SMILES string of the molecule is COc1ccccc1COc1ccc2c(c1C)O/C(=C\c1cccc(Cl)c1)C2=O. The Balaban J connectivity index is 1.58. The van der Waals surface area contributed by atoms with Gasteiger partial charge in [0, 0.05) is 16.1 Å². The number of halogens is 1. The van der Waals surface area contributed by atoms with Gasteiger partial charge in [0.05, 0.1) is 12.7 Å². The molecule has 4 nitrogen and oxygen atoms in total. The van der Waals surface area contributed by atoms with E-state index in [9.17, 15) is 4.79 Å². The summed E-state index contributed by atoms with van der Waals surface area (Å²) in [5, 5.41) is 0.602. The third-order valence-electron chi connectivity index (χ3n) is 4.76. The minimum absolute atomic E-state index is 0.153. The number of hydrogen-bond donors (Lipinski definition) is 0. The Morgan fingerprint density at radius 1 is 1.03 bits per heavy atom. The zero-order valence-corrected chi connectivity index (χ0v) is 16.8. The van der Waals surface area contributed by atoms with E-state index in [1.54, 1.807) is 37.5 Å². The smallest absolute Gasteiger partial charge is 0.231 e.